The molecule has 1 heterocycles. The van der Waals surface area contributed by atoms with Crippen molar-refractivity contribution in [2.45, 2.75) is 0 Å². The normalized spacial score (nSPS) is 11.2. The summed E-state index contributed by atoms with van der Waals surface area (Å²) >= 11 is 5.92. The lowest BCUT2D eigenvalue weighted by atomic mass is 10.2. The number of nitrogens with two attached hydrogens (primary N) is 1. The smallest absolute Gasteiger partial charge is 0.332 e. The summed E-state index contributed by atoms with van der Waals surface area (Å²) in [5.74, 6) is -0.316. The van der Waals surface area contributed by atoms with Gasteiger partial charge in [-0.1, -0.05) is 28.9 Å². The van der Waals surface area contributed by atoms with Crippen LogP contribution in [-0.4, -0.2) is 21.0 Å². The predicted octanol–water partition coefficient (Wildman–Crippen LogP) is 2.53. The molecule has 8 nitrogen and oxygen atoms in total. The first-order valence-corrected chi connectivity index (χ1v) is 5.95. The lowest BCUT2D eigenvalue weighted by Gasteiger charge is -2.07. The minimum Gasteiger partial charge on any atom is -0.432 e. The molecule has 0 atom stereocenters. The van der Waals surface area contributed by atoms with Gasteiger partial charge in [-0.25, -0.2) is 4.98 Å². The summed E-state index contributed by atoms with van der Waals surface area (Å²) in [5.41, 5.74) is 5.03. The standard InChI is InChI=1S/C12H9ClN4O4/c13-8-3-1-2-4-10(8)21-12-9(17(19)20)5-7(6-15-12)11(14)16-18/h1-6,18H,(H2,14,16). The molecule has 0 saturated heterocycles. The summed E-state index contributed by atoms with van der Waals surface area (Å²) in [6.07, 6.45) is 1.19. The number of oxime groups is 1. The fraction of sp³-hybridized carbons (Fsp3) is 0. The number of benzene rings is 1. The second kappa shape index (κ2) is 6.06. The molecule has 0 aliphatic heterocycles. The molecule has 9 heteroatoms. The molecule has 0 radical (unpaired) electrons. The highest BCUT2D eigenvalue weighted by molar-refractivity contribution is 6.32. The van der Waals surface area contributed by atoms with Gasteiger partial charge < -0.3 is 15.7 Å². The fourth-order valence-corrected chi connectivity index (χ4v) is 1.65. The van der Waals surface area contributed by atoms with E-state index in [0.29, 0.717) is 0 Å². The number of ether oxygens (including phenoxy) is 1. The van der Waals surface area contributed by atoms with Gasteiger partial charge in [-0.05, 0) is 12.1 Å². The zero-order valence-electron chi connectivity index (χ0n) is 10.4. The molecule has 0 aliphatic carbocycles. The Morgan fingerprint density at radius 1 is 1.48 bits per heavy atom. The molecule has 2 rings (SSSR count). The Kier molecular flexibility index (Phi) is 4.19. The number of aromatic nitrogens is 1. The molecule has 0 spiro atoms. The van der Waals surface area contributed by atoms with Crippen molar-refractivity contribution in [1.29, 1.82) is 0 Å². The number of hydrogen-bond donors (Lipinski definition) is 2. The Labute approximate surface area is 123 Å². The van der Waals surface area contributed by atoms with Crippen LogP contribution in [0.25, 0.3) is 0 Å². The predicted molar refractivity (Wildman–Crippen MR) is 74.9 cm³/mol. The number of halogens is 1. The van der Waals surface area contributed by atoms with E-state index in [-0.39, 0.29) is 28.1 Å². The maximum Gasteiger partial charge on any atom is 0.332 e. The van der Waals surface area contributed by atoms with E-state index in [1.807, 2.05) is 0 Å². The summed E-state index contributed by atoms with van der Waals surface area (Å²) < 4.78 is 5.34. The first-order valence-electron chi connectivity index (χ1n) is 5.57. The molecule has 21 heavy (non-hydrogen) atoms. The Morgan fingerprint density at radius 3 is 2.81 bits per heavy atom. The summed E-state index contributed by atoms with van der Waals surface area (Å²) in [4.78, 5) is 14.2. The van der Waals surface area contributed by atoms with Gasteiger partial charge in [-0.3, -0.25) is 10.1 Å². The highest BCUT2D eigenvalue weighted by Crippen LogP contribution is 2.33. The van der Waals surface area contributed by atoms with Crippen molar-refractivity contribution in [3.63, 3.8) is 0 Å². The number of nitrogens with zero attached hydrogens (tertiary/aromatic N) is 3. The van der Waals surface area contributed by atoms with Crippen LogP contribution in [0.1, 0.15) is 5.56 Å². The van der Waals surface area contributed by atoms with Gasteiger partial charge in [0.1, 0.15) is 5.75 Å². The van der Waals surface area contributed by atoms with Crippen molar-refractivity contribution in [3.8, 4) is 11.6 Å². The number of para-hydroxylation sites is 1. The van der Waals surface area contributed by atoms with Crippen molar-refractivity contribution in [3.05, 3.63) is 57.2 Å². The third kappa shape index (κ3) is 3.18. The molecule has 2 aromatic rings. The van der Waals surface area contributed by atoms with Gasteiger partial charge in [0.2, 0.25) is 0 Å². The Balaban J connectivity index is 2.44. The van der Waals surface area contributed by atoms with E-state index in [4.69, 9.17) is 27.3 Å². The zero-order valence-corrected chi connectivity index (χ0v) is 11.2. The fourth-order valence-electron chi connectivity index (χ4n) is 1.48. The van der Waals surface area contributed by atoms with E-state index in [1.54, 1.807) is 24.3 Å². The average Bonchev–Trinajstić information content (AvgIpc) is 2.49. The topological polar surface area (TPSA) is 124 Å². The van der Waals surface area contributed by atoms with Crippen LogP contribution in [0, 0.1) is 10.1 Å². The van der Waals surface area contributed by atoms with E-state index in [9.17, 15) is 10.1 Å². The summed E-state index contributed by atoms with van der Waals surface area (Å²) in [6.45, 7) is 0. The van der Waals surface area contributed by atoms with E-state index < -0.39 is 10.6 Å². The molecule has 1 aromatic carbocycles. The third-order valence-electron chi connectivity index (χ3n) is 2.48. The minimum absolute atomic E-state index is 0.0932. The lowest BCUT2D eigenvalue weighted by Crippen LogP contribution is -2.14. The summed E-state index contributed by atoms with van der Waals surface area (Å²) in [7, 11) is 0. The van der Waals surface area contributed by atoms with E-state index in [1.165, 1.54) is 6.20 Å². The highest BCUT2D eigenvalue weighted by Gasteiger charge is 2.20. The number of hydrogen-bond acceptors (Lipinski definition) is 6. The Hall–Kier alpha value is -2.87. The number of rotatable bonds is 4. The van der Waals surface area contributed by atoms with Crippen LogP contribution in [0.3, 0.4) is 0 Å². The van der Waals surface area contributed by atoms with Crippen molar-refractivity contribution in [2.24, 2.45) is 10.9 Å². The van der Waals surface area contributed by atoms with Crippen LogP contribution < -0.4 is 10.5 Å². The lowest BCUT2D eigenvalue weighted by molar-refractivity contribution is -0.386. The van der Waals surface area contributed by atoms with Gasteiger partial charge in [0, 0.05) is 17.8 Å². The molecule has 0 aliphatic rings. The maximum atomic E-state index is 11.1. The van der Waals surface area contributed by atoms with Gasteiger partial charge in [-0.15, -0.1) is 0 Å². The second-order valence-corrected chi connectivity index (χ2v) is 4.23. The Morgan fingerprint density at radius 2 is 2.19 bits per heavy atom. The Bertz CT molecular complexity index is 720. The van der Waals surface area contributed by atoms with Gasteiger partial charge in [0.15, 0.2) is 5.84 Å². The van der Waals surface area contributed by atoms with Crippen LogP contribution in [0.15, 0.2) is 41.7 Å². The van der Waals surface area contributed by atoms with E-state index >= 15 is 0 Å². The summed E-state index contributed by atoms with van der Waals surface area (Å²) in [6, 6.07) is 7.57. The number of amidine groups is 1. The molecule has 1 aromatic heterocycles. The average molecular weight is 309 g/mol. The molecule has 0 unspecified atom stereocenters. The van der Waals surface area contributed by atoms with Crippen molar-refractivity contribution in [2.75, 3.05) is 0 Å². The second-order valence-electron chi connectivity index (χ2n) is 3.82. The van der Waals surface area contributed by atoms with E-state index in [0.717, 1.165) is 6.07 Å². The van der Waals surface area contributed by atoms with Crippen molar-refractivity contribution >= 4 is 23.1 Å². The van der Waals surface area contributed by atoms with Gasteiger partial charge in [0.25, 0.3) is 5.88 Å². The molecular formula is C12H9ClN4O4. The van der Waals surface area contributed by atoms with Crippen molar-refractivity contribution in [1.82, 2.24) is 4.98 Å². The first-order chi connectivity index (χ1) is 10.0. The van der Waals surface area contributed by atoms with Crippen LogP contribution in [0.2, 0.25) is 5.02 Å². The molecule has 0 saturated carbocycles. The van der Waals surface area contributed by atoms with Crippen LogP contribution in [0.5, 0.6) is 11.6 Å². The highest BCUT2D eigenvalue weighted by atomic mass is 35.5. The van der Waals surface area contributed by atoms with Gasteiger partial charge in [-0.2, -0.15) is 0 Å². The summed E-state index contributed by atoms with van der Waals surface area (Å²) in [5, 5.41) is 22.7. The molecule has 0 amide bonds. The van der Waals surface area contributed by atoms with Gasteiger partial charge >= 0.3 is 5.69 Å². The third-order valence-corrected chi connectivity index (χ3v) is 2.79. The molecule has 108 valence electrons. The number of pyridine rings is 1. The quantitative estimate of drug-likeness (QED) is 0.294. The minimum atomic E-state index is -0.687. The van der Waals surface area contributed by atoms with Crippen LogP contribution in [-0.2, 0) is 0 Å². The molecular weight excluding hydrogens is 300 g/mol. The largest absolute Gasteiger partial charge is 0.432 e. The van der Waals surface area contributed by atoms with Gasteiger partial charge in [0.05, 0.1) is 9.95 Å². The first kappa shape index (κ1) is 14.5. The maximum absolute atomic E-state index is 11.1. The van der Waals surface area contributed by atoms with Crippen LogP contribution >= 0.6 is 11.6 Å². The molecule has 0 fully saturated rings. The van der Waals surface area contributed by atoms with E-state index in [2.05, 4.69) is 10.1 Å². The zero-order chi connectivity index (χ0) is 15.4. The molecule has 0 bridgehead atoms. The molecule has 3 N–H and O–H groups in total. The number of nitro groups is 1. The monoisotopic (exact) mass is 308 g/mol. The SMILES string of the molecule is N/C(=N/O)c1cnc(Oc2ccccc2Cl)c([N+](=O)[O-])c1. The van der Waals surface area contributed by atoms with Crippen LogP contribution in [0.4, 0.5) is 5.69 Å². The van der Waals surface area contributed by atoms with Crippen molar-refractivity contribution < 1.29 is 14.9 Å².